The number of rotatable bonds is 6. The Morgan fingerprint density at radius 3 is 2.33 bits per heavy atom. The molecule has 24 heavy (non-hydrogen) atoms. The van der Waals surface area contributed by atoms with Crippen LogP contribution >= 0.6 is 12.4 Å². The topological polar surface area (TPSA) is 47.0 Å². The largest absolute Gasteiger partial charge is 0.424 e. The number of aryl methyl sites for hydroxylation is 1. The lowest BCUT2D eigenvalue weighted by molar-refractivity contribution is 0.441. The first-order valence-electron chi connectivity index (χ1n) is 7.60. The molecule has 4 nitrogen and oxygen atoms in total. The van der Waals surface area contributed by atoms with Gasteiger partial charge in [-0.15, -0.1) is 12.4 Å². The van der Waals surface area contributed by atoms with Gasteiger partial charge in [0.05, 0.1) is 0 Å². The quantitative estimate of drug-likeness (QED) is 0.726. The van der Waals surface area contributed by atoms with Crippen LogP contribution in [0.3, 0.4) is 0 Å². The van der Waals surface area contributed by atoms with Crippen LogP contribution in [0.25, 0.3) is 0 Å². The molecule has 0 spiro atoms. The molecule has 1 N–H and O–H groups in total. The Kier molecular flexibility index (Phi) is 6.73. The van der Waals surface area contributed by atoms with E-state index in [9.17, 15) is 0 Å². The van der Waals surface area contributed by atoms with E-state index >= 15 is 0 Å². The van der Waals surface area contributed by atoms with Crippen molar-refractivity contribution >= 4 is 12.4 Å². The van der Waals surface area contributed by atoms with Gasteiger partial charge >= 0.3 is 6.01 Å². The van der Waals surface area contributed by atoms with E-state index in [1.54, 1.807) is 18.5 Å². The number of aromatic nitrogens is 2. The van der Waals surface area contributed by atoms with Gasteiger partial charge in [0, 0.05) is 25.5 Å². The summed E-state index contributed by atoms with van der Waals surface area (Å²) in [6.45, 7) is 3.72. The molecule has 2 aromatic carbocycles. The summed E-state index contributed by atoms with van der Waals surface area (Å²) in [5, 5.41) is 3.44. The van der Waals surface area contributed by atoms with Gasteiger partial charge in [0.25, 0.3) is 0 Å². The summed E-state index contributed by atoms with van der Waals surface area (Å²) in [7, 11) is 0. The lowest BCUT2D eigenvalue weighted by atomic mass is 10.1. The molecule has 3 aromatic rings. The number of hydrogen-bond donors (Lipinski definition) is 1. The van der Waals surface area contributed by atoms with Gasteiger partial charge in [-0.25, -0.2) is 9.97 Å². The first-order chi connectivity index (χ1) is 11.3. The monoisotopic (exact) mass is 341 g/mol. The van der Waals surface area contributed by atoms with Crippen molar-refractivity contribution in [1.29, 1.82) is 0 Å². The van der Waals surface area contributed by atoms with Crippen LogP contribution in [-0.4, -0.2) is 9.97 Å². The van der Waals surface area contributed by atoms with Crippen molar-refractivity contribution in [1.82, 2.24) is 15.3 Å². The van der Waals surface area contributed by atoms with Gasteiger partial charge in [0.2, 0.25) is 0 Å². The molecule has 0 radical (unpaired) electrons. The fraction of sp³-hybridized carbons (Fsp3) is 0.158. The van der Waals surface area contributed by atoms with Crippen molar-refractivity contribution in [2.24, 2.45) is 0 Å². The highest BCUT2D eigenvalue weighted by Crippen LogP contribution is 2.18. The van der Waals surface area contributed by atoms with E-state index in [-0.39, 0.29) is 12.4 Å². The summed E-state index contributed by atoms with van der Waals surface area (Å²) in [6.07, 6.45) is 3.32. The Morgan fingerprint density at radius 2 is 1.58 bits per heavy atom. The SMILES string of the molecule is Cc1ccc(CNCc2cccc(Oc3ncccn3)c2)cc1.Cl. The molecule has 124 valence electrons. The van der Waals surface area contributed by atoms with Crippen molar-refractivity contribution < 1.29 is 4.74 Å². The highest BCUT2D eigenvalue weighted by Gasteiger charge is 2.01. The predicted molar refractivity (Wildman–Crippen MR) is 97.5 cm³/mol. The lowest BCUT2D eigenvalue weighted by Gasteiger charge is -2.08. The number of nitrogens with zero attached hydrogens (tertiary/aromatic N) is 2. The molecular formula is C19H20ClN3O. The molecule has 3 rings (SSSR count). The first-order valence-corrected chi connectivity index (χ1v) is 7.60. The third kappa shape index (κ3) is 5.33. The minimum absolute atomic E-state index is 0. The highest BCUT2D eigenvalue weighted by molar-refractivity contribution is 5.85. The van der Waals surface area contributed by atoms with Crippen LogP contribution in [0.4, 0.5) is 0 Å². The number of ether oxygens (including phenoxy) is 1. The number of hydrogen-bond acceptors (Lipinski definition) is 4. The Labute approximate surface area is 148 Å². The Balaban J connectivity index is 0.00000208. The van der Waals surface area contributed by atoms with Crippen LogP contribution in [-0.2, 0) is 13.1 Å². The number of benzene rings is 2. The molecule has 0 amide bonds. The zero-order chi connectivity index (χ0) is 15.9. The molecular weight excluding hydrogens is 322 g/mol. The first kappa shape index (κ1) is 17.9. The van der Waals surface area contributed by atoms with Crippen LogP contribution in [0, 0.1) is 6.92 Å². The van der Waals surface area contributed by atoms with Crippen molar-refractivity contribution in [2.75, 3.05) is 0 Å². The molecule has 0 aliphatic heterocycles. The van der Waals surface area contributed by atoms with E-state index in [0.29, 0.717) is 6.01 Å². The minimum Gasteiger partial charge on any atom is -0.424 e. The molecule has 0 saturated carbocycles. The maximum Gasteiger partial charge on any atom is 0.321 e. The Morgan fingerprint density at radius 1 is 0.875 bits per heavy atom. The van der Waals surface area contributed by atoms with Crippen molar-refractivity contribution in [3.05, 3.63) is 83.7 Å². The standard InChI is InChI=1S/C19H19N3O.ClH/c1-15-6-8-16(9-7-15)13-20-14-17-4-2-5-18(12-17)23-19-21-10-3-11-22-19;/h2-12,20H,13-14H2,1H3;1H. The lowest BCUT2D eigenvalue weighted by Crippen LogP contribution is -2.12. The number of halogens is 1. The number of nitrogens with one attached hydrogen (secondary N) is 1. The van der Waals surface area contributed by atoms with Crippen LogP contribution in [0.5, 0.6) is 11.8 Å². The maximum atomic E-state index is 5.65. The molecule has 0 atom stereocenters. The Hall–Kier alpha value is -2.43. The van der Waals surface area contributed by atoms with Gasteiger partial charge < -0.3 is 10.1 Å². The molecule has 0 saturated heterocycles. The van der Waals surface area contributed by atoms with Crippen molar-refractivity contribution in [3.63, 3.8) is 0 Å². The summed E-state index contributed by atoms with van der Waals surface area (Å²) < 4.78 is 5.65. The van der Waals surface area contributed by atoms with E-state index in [2.05, 4.69) is 52.5 Å². The third-order valence-electron chi connectivity index (χ3n) is 3.43. The zero-order valence-electron chi connectivity index (χ0n) is 13.5. The third-order valence-corrected chi connectivity index (χ3v) is 3.43. The van der Waals surface area contributed by atoms with Gasteiger partial charge in [0.1, 0.15) is 5.75 Å². The van der Waals surface area contributed by atoms with Crippen LogP contribution in [0.15, 0.2) is 67.0 Å². The molecule has 1 aromatic heterocycles. The van der Waals surface area contributed by atoms with E-state index < -0.39 is 0 Å². The smallest absolute Gasteiger partial charge is 0.321 e. The van der Waals surface area contributed by atoms with Gasteiger partial charge in [-0.05, 0) is 36.2 Å². The fourth-order valence-corrected chi connectivity index (χ4v) is 2.22. The van der Waals surface area contributed by atoms with Crippen molar-refractivity contribution in [3.8, 4) is 11.8 Å². The fourth-order valence-electron chi connectivity index (χ4n) is 2.22. The molecule has 5 heteroatoms. The second kappa shape index (κ2) is 9.01. The van der Waals surface area contributed by atoms with Crippen LogP contribution in [0.1, 0.15) is 16.7 Å². The van der Waals surface area contributed by atoms with E-state index in [0.717, 1.165) is 24.4 Å². The molecule has 0 unspecified atom stereocenters. The zero-order valence-corrected chi connectivity index (χ0v) is 14.3. The highest BCUT2D eigenvalue weighted by atomic mass is 35.5. The molecule has 0 bridgehead atoms. The van der Waals surface area contributed by atoms with E-state index in [4.69, 9.17) is 4.74 Å². The summed E-state index contributed by atoms with van der Waals surface area (Å²) in [5.41, 5.74) is 3.72. The Bertz CT molecular complexity index is 748. The second-order valence-electron chi connectivity index (χ2n) is 5.37. The van der Waals surface area contributed by atoms with Gasteiger partial charge in [-0.1, -0.05) is 42.0 Å². The normalized spacial score (nSPS) is 10.0. The molecule has 1 heterocycles. The summed E-state index contributed by atoms with van der Waals surface area (Å²) in [4.78, 5) is 8.13. The van der Waals surface area contributed by atoms with Crippen LogP contribution < -0.4 is 10.1 Å². The van der Waals surface area contributed by atoms with Gasteiger partial charge in [0.15, 0.2) is 0 Å². The summed E-state index contributed by atoms with van der Waals surface area (Å²) >= 11 is 0. The average molecular weight is 342 g/mol. The molecule has 0 aliphatic rings. The summed E-state index contributed by atoms with van der Waals surface area (Å²) in [5.74, 6) is 0.742. The summed E-state index contributed by atoms with van der Waals surface area (Å²) in [6, 6.07) is 18.6. The second-order valence-corrected chi connectivity index (χ2v) is 5.37. The predicted octanol–water partition coefficient (Wildman–Crippen LogP) is 4.29. The van der Waals surface area contributed by atoms with Gasteiger partial charge in [-0.3, -0.25) is 0 Å². The minimum atomic E-state index is 0. The van der Waals surface area contributed by atoms with Crippen LogP contribution in [0.2, 0.25) is 0 Å². The molecule has 0 aliphatic carbocycles. The van der Waals surface area contributed by atoms with E-state index in [1.807, 2.05) is 18.2 Å². The van der Waals surface area contributed by atoms with E-state index in [1.165, 1.54) is 11.1 Å². The maximum absolute atomic E-state index is 5.65. The van der Waals surface area contributed by atoms with Crippen molar-refractivity contribution in [2.45, 2.75) is 20.0 Å². The average Bonchev–Trinajstić information content (AvgIpc) is 2.58. The molecule has 0 fully saturated rings. The van der Waals surface area contributed by atoms with Gasteiger partial charge in [-0.2, -0.15) is 0 Å².